The van der Waals surface area contributed by atoms with E-state index in [1.807, 2.05) is 20.1 Å². The first-order valence-electron chi connectivity index (χ1n) is 4.67. The predicted molar refractivity (Wildman–Crippen MR) is 66.4 cm³/mol. The Kier molecular flexibility index (Phi) is 7.99. The largest absolute Gasteiger partial charge is 0.465 e. The summed E-state index contributed by atoms with van der Waals surface area (Å²) < 4.78 is 11.3. The minimum atomic E-state index is 0.498. The van der Waals surface area contributed by atoms with Gasteiger partial charge in [-0.05, 0) is 38.7 Å². The van der Waals surface area contributed by atoms with Gasteiger partial charge in [-0.1, -0.05) is 25.1 Å². The maximum atomic E-state index is 5.47. The van der Waals surface area contributed by atoms with Crippen LogP contribution in [0.4, 0.5) is 0 Å². The Morgan fingerprint density at radius 3 is 2.43 bits per heavy atom. The Labute approximate surface area is 96.0 Å². The molecule has 0 radical (unpaired) electrons. The molecule has 0 rings (SSSR count). The Hall–Kier alpha value is -0.220. The second kappa shape index (κ2) is 8.12. The van der Waals surface area contributed by atoms with Gasteiger partial charge in [0.05, 0.1) is 6.61 Å². The summed E-state index contributed by atoms with van der Waals surface area (Å²) in [5.41, 5.74) is 1.01. The van der Waals surface area contributed by atoms with Crippen molar-refractivity contribution < 1.29 is 9.47 Å². The summed E-state index contributed by atoms with van der Waals surface area (Å²) in [6.45, 7) is 6.71. The number of allylic oxidation sites excluding steroid dienone is 1. The summed E-state index contributed by atoms with van der Waals surface area (Å²) >= 11 is 6.36. The topological polar surface area (TPSA) is 18.5 Å². The highest BCUT2D eigenvalue weighted by Crippen LogP contribution is 2.13. The first-order chi connectivity index (χ1) is 6.61. The van der Waals surface area contributed by atoms with Gasteiger partial charge in [0.25, 0.3) is 5.95 Å². The van der Waals surface area contributed by atoms with Gasteiger partial charge in [0.2, 0.25) is 4.38 Å². The van der Waals surface area contributed by atoms with E-state index in [0.29, 0.717) is 16.9 Å². The highest BCUT2D eigenvalue weighted by Gasteiger charge is 2.05. The maximum Gasteiger partial charge on any atom is 0.284 e. The molecule has 2 nitrogen and oxygen atoms in total. The van der Waals surface area contributed by atoms with E-state index in [0.717, 1.165) is 18.4 Å². The van der Waals surface area contributed by atoms with Crippen LogP contribution in [0, 0.1) is 0 Å². The van der Waals surface area contributed by atoms with Crippen LogP contribution in [0.5, 0.6) is 0 Å². The molecule has 0 aromatic carbocycles. The van der Waals surface area contributed by atoms with Gasteiger partial charge in [0, 0.05) is 5.57 Å². The lowest BCUT2D eigenvalue weighted by molar-refractivity contribution is 0.0985. The van der Waals surface area contributed by atoms with Crippen LogP contribution in [-0.4, -0.2) is 17.2 Å². The molecule has 0 bridgehead atoms. The summed E-state index contributed by atoms with van der Waals surface area (Å²) in [6, 6.07) is 0. The molecule has 0 aromatic heterocycles. The first-order valence-corrected chi connectivity index (χ1v) is 6.31. The standard InChI is InChI=1S/C10H18O2S2/c1-5-6-7-11-9(8(2)3)12-10(13)14-4/h5-7H2,1-4H3. The molecule has 0 saturated heterocycles. The van der Waals surface area contributed by atoms with Crippen molar-refractivity contribution in [2.24, 2.45) is 0 Å². The Morgan fingerprint density at radius 1 is 1.36 bits per heavy atom. The normalized spacial score (nSPS) is 9.43. The van der Waals surface area contributed by atoms with E-state index in [1.165, 1.54) is 11.8 Å². The van der Waals surface area contributed by atoms with E-state index in [2.05, 4.69) is 6.92 Å². The summed E-state index contributed by atoms with van der Waals surface area (Å²) in [6.07, 6.45) is 4.03. The third-order valence-corrected chi connectivity index (χ3v) is 2.48. The van der Waals surface area contributed by atoms with Crippen molar-refractivity contribution in [1.29, 1.82) is 0 Å². The molecule has 0 unspecified atom stereocenters. The van der Waals surface area contributed by atoms with Crippen LogP contribution in [0.25, 0.3) is 0 Å². The molecule has 0 aliphatic rings. The number of ether oxygens (including phenoxy) is 2. The smallest absolute Gasteiger partial charge is 0.284 e. The van der Waals surface area contributed by atoms with Crippen molar-refractivity contribution in [1.82, 2.24) is 0 Å². The van der Waals surface area contributed by atoms with Gasteiger partial charge in [-0.15, -0.1) is 0 Å². The number of hydrogen-bond donors (Lipinski definition) is 0. The SMILES string of the molecule is CCCCOC(OC(=S)SC)=C(C)C. The van der Waals surface area contributed by atoms with Crippen LogP contribution in [0.1, 0.15) is 33.6 Å². The Bertz CT molecular complexity index is 208. The average molecular weight is 234 g/mol. The summed E-state index contributed by atoms with van der Waals surface area (Å²) in [7, 11) is 0. The zero-order valence-electron chi connectivity index (χ0n) is 9.25. The minimum absolute atomic E-state index is 0.498. The van der Waals surface area contributed by atoms with Crippen molar-refractivity contribution in [2.75, 3.05) is 12.9 Å². The van der Waals surface area contributed by atoms with Crippen molar-refractivity contribution in [2.45, 2.75) is 33.6 Å². The summed E-state index contributed by atoms with van der Waals surface area (Å²) in [4.78, 5) is 0. The molecule has 0 aliphatic carbocycles. The molecule has 0 saturated carbocycles. The molecule has 0 heterocycles. The maximum absolute atomic E-state index is 5.47. The van der Waals surface area contributed by atoms with Crippen LogP contribution >= 0.6 is 24.0 Å². The fourth-order valence-electron chi connectivity index (χ4n) is 0.702. The van der Waals surface area contributed by atoms with Crippen LogP contribution in [0.3, 0.4) is 0 Å². The van der Waals surface area contributed by atoms with E-state index in [9.17, 15) is 0 Å². The van der Waals surface area contributed by atoms with Crippen molar-refractivity contribution in [3.63, 3.8) is 0 Å². The van der Waals surface area contributed by atoms with Crippen LogP contribution < -0.4 is 0 Å². The van der Waals surface area contributed by atoms with Crippen LogP contribution in [-0.2, 0) is 9.47 Å². The van der Waals surface area contributed by atoms with E-state index in [1.54, 1.807) is 0 Å². The number of rotatable bonds is 5. The van der Waals surface area contributed by atoms with Gasteiger partial charge in [0.15, 0.2) is 0 Å². The number of hydrogen-bond acceptors (Lipinski definition) is 4. The van der Waals surface area contributed by atoms with Crippen molar-refractivity contribution >= 4 is 28.4 Å². The van der Waals surface area contributed by atoms with Gasteiger partial charge in [-0.25, -0.2) is 0 Å². The second-order valence-corrected chi connectivity index (χ2v) is 4.45. The van der Waals surface area contributed by atoms with Gasteiger partial charge in [0.1, 0.15) is 0 Å². The summed E-state index contributed by atoms with van der Waals surface area (Å²) in [5.74, 6) is 0.554. The van der Waals surface area contributed by atoms with Crippen LogP contribution in [0.2, 0.25) is 0 Å². The quantitative estimate of drug-likeness (QED) is 0.410. The highest BCUT2D eigenvalue weighted by atomic mass is 32.2. The lowest BCUT2D eigenvalue weighted by Crippen LogP contribution is -2.04. The molecular weight excluding hydrogens is 216 g/mol. The van der Waals surface area contributed by atoms with Gasteiger partial charge >= 0.3 is 0 Å². The molecule has 0 N–H and O–H groups in total. The van der Waals surface area contributed by atoms with E-state index < -0.39 is 0 Å². The van der Waals surface area contributed by atoms with Crippen molar-refractivity contribution in [3.05, 3.63) is 11.5 Å². The molecule has 0 fully saturated rings. The van der Waals surface area contributed by atoms with Gasteiger partial charge in [-0.3, -0.25) is 0 Å². The average Bonchev–Trinajstić information content (AvgIpc) is 2.16. The number of thioether (sulfide) groups is 1. The minimum Gasteiger partial charge on any atom is -0.465 e. The third-order valence-electron chi connectivity index (χ3n) is 1.48. The molecule has 14 heavy (non-hydrogen) atoms. The Morgan fingerprint density at radius 2 is 2.00 bits per heavy atom. The van der Waals surface area contributed by atoms with Gasteiger partial charge in [-0.2, -0.15) is 0 Å². The number of unbranched alkanes of at least 4 members (excludes halogenated alkanes) is 1. The second-order valence-electron chi connectivity index (χ2n) is 3.05. The fraction of sp³-hybridized carbons (Fsp3) is 0.700. The third kappa shape index (κ3) is 6.27. The molecule has 4 heteroatoms. The molecule has 0 atom stereocenters. The zero-order valence-corrected chi connectivity index (χ0v) is 10.9. The zero-order chi connectivity index (χ0) is 11.0. The fourth-order valence-corrected chi connectivity index (χ4v) is 0.937. The Balaban J connectivity index is 4.05. The summed E-state index contributed by atoms with van der Waals surface area (Å²) in [5, 5.41) is 0. The molecular formula is C10H18O2S2. The lowest BCUT2D eigenvalue weighted by Gasteiger charge is -2.12. The number of thiocarbonyl (C=S) groups is 1. The predicted octanol–water partition coefficient (Wildman–Crippen LogP) is 3.72. The van der Waals surface area contributed by atoms with Crippen molar-refractivity contribution in [3.8, 4) is 0 Å². The molecule has 0 aromatic rings. The van der Waals surface area contributed by atoms with Gasteiger partial charge < -0.3 is 9.47 Å². The molecule has 0 aliphatic heterocycles. The highest BCUT2D eigenvalue weighted by molar-refractivity contribution is 8.22. The first kappa shape index (κ1) is 13.8. The van der Waals surface area contributed by atoms with E-state index in [4.69, 9.17) is 21.7 Å². The monoisotopic (exact) mass is 234 g/mol. The van der Waals surface area contributed by atoms with E-state index in [-0.39, 0.29) is 0 Å². The van der Waals surface area contributed by atoms with Crippen LogP contribution in [0.15, 0.2) is 11.5 Å². The molecule has 0 spiro atoms. The molecule has 0 amide bonds. The molecule has 82 valence electrons. The lowest BCUT2D eigenvalue weighted by atomic mass is 10.3. The van der Waals surface area contributed by atoms with E-state index >= 15 is 0 Å².